The third-order valence-corrected chi connectivity index (χ3v) is 7.08. The SMILES string of the molecule is O=C(O)CN1CCN(CC(=O)O)CCN(CC(=O)NCCOCCOCC2CC/C=C/CCO2)CCN(CC(=O)O)CC1. The molecule has 0 radical (unpaired) electrons. The van der Waals surface area contributed by atoms with Crippen molar-refractivity contribution in [3.8, 4) is 0 Å². The van der Waals surface area contributed by atoms with E-state index in [0.717, 1.165) is 19.3 Å². The highest BCUT2D eigenvalue weighted by Gasteiger charge is 2.21. The molecule has 2 aliphatic rings. The van der Waals surface area contributed by atoms with Gasteiger partial charge in [0.1, 0.15) is 0 Å². The van der Waals surface area contributed by atoms with Crippen LogP contribution in [0.5, 0.6) is 0 Å². The van der Waals surface area contributed by atoms with Crippen LogP contribution in [0, 0.1) is 0 Å². The Morgan fingerprint density at radius 3 is 1.65 bits per heavy atom. The lowest BCUT2D eigenvalue weighted by Gasteiger charge is -2.32. The molecule has 0 bridgehead atoms. The minimum absolute atomic E-state index is 0.0622. The number of carboxylic acid groups (broad SMARTS) is 3. The molecule has 0 aromatic heterocycles. The highest BCUT2D eigenvalue weighted by molar-refractivity contribution is 5.78. The molecule has 1 fully saturated rings. The lowest BCUT2D eigenvalue weighted by molar-refractivity contribution is -0.140. The van der Waals surface area contributed by atoms with Crippen LogP contribution in [0.4, 0.5) is 0 Å². The molecule has 1 unspecified atom stereocenters. The van der Waals surface area contributed by atoms with E-state index in [9.17, 15) is 34.5 Å². The van der Waals surface area contributed by atoms with Gasteiger partial charge in [-0.15, -0.1) is 0 Å². The molecule has 0 aromatic carbocycles. The van der Waals surface area contributed by atoms with Crippen LogP contribution < -0.4 is 5.32 Å². The van der Waals surface area contributed by atoms with E-state index in [0.29, 0.717) is 91.9 Å². The van der Waals surface area contributed by atoms with Crippen molar-refractivity contribution in [1.29, 1.82) is 0 Å². The second kappa shape index (κ2) is 21.9. The minimum atomic E-state index is -1.01. The summed E-state index contributed by atoms with van der Waals surface area (Å²) >= 11 is 0. The summed E-state index contributed by atoms with van der Waals surface area (Å²) in [7, 11) is 0. The Morgan fingerprint density at radius 1 is 0.674 bits per heavy atom. The Kier molecular flexibility index (Phi) is 18.6. The van der Waals surface area contributed by atoms with Gasteiger partial charge in [0, 0.05) is 58.9 Å². The van der Waals surface area contributed by atoms with Gasteiger partial charge in [-0.1, -0.05) is 12.2 Å². The van der Waals surface area contributed by atoms with Crippen LogP contribution >= 0.6 is 0 Å². The molecule has 1 atom stereocenters. The highest BCUT2D eigenvalue weighted by atomic mass is 16.5. The summed E-state index contributed by atoms with van der Waals surface area (Å²) in [6.45, 7) is 4.88. The van der Waals surface area contributed by atoms with Crippen molar-refractivity contribution in [2.75, 3.05) is 118 Å². The van der Waals surface area contributed by atoms with Gasteiger partial charge in [0.15, 0.2) is 0 Å². The fourth-order valence-electron chi connectivity index (χ4n) is 4.78. The third-order valence-electron chi connectivity index (χ3n) is 7.08. The number of ether oxygens (including phenoxy) is 3. The van der Waals surface area contributed by atoms with E-state index in [4.69, 9.17) is 14.2 Å². The Labute approximate surface area is 253 Å². The van der Waals surface area contributed by atoms with Crippen LogP contribution in [0.2, 0.25) is 0 Å². The predicted molar refractivity (Wildman–Crippen MR) is 156 cm³/mol. The zero-order valence-electron chi connectivity index (χ0n) is 25.1. The van der Waals surface area contributed by atoms with Crippen LogP contribution in [-0.2, 0) is 33.4 Å². The second-order valence-corrected chi connectivity index (χ2v) is 10.7. The molecular weight excluding hydrogens is 566 g/mol. The van der Waals surface area contributed by atoms with E-state index in [-0.39, 0.29) is 38.2 Å². The third kappa shape index (κ3) is 18.6. The summed E-state index contributed by atoms with van der Waals surface area (Å²) in [5.41, 5.74) is 0. The number of carboxylic acids is 3. The van der Waals surface area contributed by atoms with Gasteiger partial charge in [-0.2, -0.15) is 0 Å². The molecule has 0 saturated carbocycles. The number of nitrogens with zero attached hydrogens (tertiary/aromatic N) is 4. The molecule has 0 spiro atoms. The number of aliphatic carboxylic acids is 3. The van der Waals surface area contributed by atoms with Gasteiger partial charge in [-0.3, -0.25) is 38.8 Å². The molecule has 4 N–H and O–H groups in total. The maximum Gasteiger partial charge on any atom is 0.317 e. The van der Waals surface area contributed by atoms with Gasteiger partial charge in [0.25, 0.3) is 0 Å². The summed E-state index contributed by atoms with van der Waals surface area (Å²) in [5.74, 6) is -3.22. The lowest BCUT2D eigenvalue weighted by Crippen LogP contribution is -2.50. The molecule has 43 heavy (non-hydrogen) atoms. The summed E-state index contributed by atoms with van der Waals surface area (Å²) in [6.07, 6.45) is 7.23. The van der Waals surface area contributed by atoms with Crippen LogP contribution in [0.25, 0.3) is 0 Å². The van der Waals surface area contributed by atoms with Gasteiger partial charge in [0.2, 0.25) is 5.91 Å². The predicted octanol–water partition coefficient (Wildman–Crippen LogP) is -1.26. The molecule has 1 saturated heterocycles. The molecule has 1 amide bonds. The summed E-state index contributed by atoms with van der Waals surface area (Å²) in [5, 5.41) is 30.8. The molecule has 246 valence electrons. The van der Waals surface area contributed by atoms with E-state index in [2.05, 4.69) is 17.5 Å². The van der Waals surface area contributed by atoms with Gasteiger partial charge in [-0.05, 0) is 19.3 Å². The topological polar surface area (TPSA) is 182 Å². The van der Waals surface area contributed by atoms with Crippen molar-refractivity contribution < 1.29 is 48.7 Å². The first-order valence-electron chi connectivity index (χ1n) is 14.9. The van der Waals surface area contributed by atoms with Gasteiger partial charge >= 0.3 is 17.9 Å². The number of nitrogens with one attached hydrogen (secondary N) is 1. The van der Waals surface area contributed by atoms with Gasteiger partial charge < -0.3 is 34.8 Å². The quantitative estimate of drug-likeness (QED) is 0.119. The maximum atomic E-state index is 12.7. The molecular formula is C28H49N5O10. The Hall–Kier alpha value is -2.66. The first-order chi connectivity index (χ1) is 20.7. The summed E-state index contributed by atoms with van der Waals surface area (Å²) in [4.78, 5) is 53.8. The van der Waals surface area contributed by atoms with Gasteiger partial charge in [-0.25, -0.2) is 0 Å². The molecule has 2 heterocycles. The van der Waals surface area contributed by atoms with Crippen LogP contribution in [-0.4, -0.2) is 183 Å². The monoisotopic (exact) mass is 615 g/mol. The van der Waals surface area contributed by atoms with Crippen LogP contribution in [0.1, 0.15) is 19.3 Å². The largest absolute Gasteiger partial charge is 0.480 e. The van der Waals surface area contributed by atoms with E-state index in [1.54, 1.807) is 14.7 Å². The minimum Gasteiger partial charge on any atom is -0.480 e. The zero-order valence-corrected chi connectivity index (χ0v) is 25.1. The van der Waals surface area contributed by atoms with Crippen LogP contribution in [0.3, 0.4) is 0 Å². The average molecular weight is 616 g/mol. The number of allylic oxidation sites excluding steroid dienone is 1. The summed E-state index contributed by atoms with van der Waals surface area (Å²) in [6, 6.07) is 0. The second-order valence-electron chi connectivity index (χ2n) is 10.7. The lowest BCUT2D eigenvalue weighted by atomic mass is 10.1. The summed E-state index contributed by atoms with van der Waals surface area (Å²) < 4.78 is 17.0. The average Bonchev–Trinajstić information content (AvgIpc) is 2.91. The van der Waals surface area contributed by atoms with E-state index in [1.807, 2.05) is 4.90 Å². The van der Waals surface area contributed by atoms with Gasteiger partial charge in [0.05, 0.1) is 65.3 Å². The van der Waals surface area contributed by atoms with E-state index >= 15 is 0 Å². The molecule has 2 aliphatic heterocycles. The standard InChI is InChI=1S/C28H49N5O10/c34-25(29-6-16-41-17-18-42-23-24-5-3-1-2-4-15-43-24)19-30-7-9-31(20-26(35)36)11-13-33(22-28(39)40)14-12-32(10-8-30)21-27(37)38/h1-2,24H,3-23H2,(H,29,34)(H,35,36)(H,37,38)(H,39,40)/b2-1+. The first kappa shape index (κ1) is 36.5. The normalized spacial score (nSPS) is 21.5. The maximum absolute atomic E-state index is 12.7. The van der Waals surface area contributed by atoms with E-state index < -0.39 is 17.9 Å². The highest BCUT2D eigenvalue weighted by Crippen LogP contribution is 2.08. The number of carbonyl (C=O) groups is 4. The van der Waals surface area contributed by atoms with Crippen molar-refractivity contribution in [2.24, 2.45) is 0 Å². The zero-order chi connectivity index (χ0) is 31.3. The molecule has 2 rings (SSSR count). The molecule has 15 nitrogen and oxygen atoms in total. The molecule has 0 aromatic rings. The van der Waals surface area contributed by atoms with E-state index in [1.165, 1.54) is 0 Å². The number of rotatable bonds is 16. The van der Waals surface area contributed by atoms with Crippen LogP contribution in [0.15, 0.2) is 12.2 Å². The Balaban J connectivity index is 1.78. The fourth-order valence-corrected chi connectivity index (χ4v) is 4.78. The number of carbonyl (C=O) groups excluding carboxylic acids is 1. The number of hydrogen-bond acceptors (Lipinski definition) is 11. The smallest absolute Gasteiger partial charge is 0.317 e. The first-order valence-corrected chi connectivity index (χ1v) is 14.9. The van der Waals surface area contributed by atoms with Crippen molar-refractivity contribution in [1.82, 2.24) is 24.9 Å². The Morgan fingerprint density at radius 2 is 1.14 bits per heavy atom. The fraction of sp³-hybridized carbons (Fsp3) is 0.786. The molecule has 15 heteroatoms. The Bertz CT molecular complexity index is 845. The van der Waals surface area contributed by atoms with Crippen molar-refractivity contribution in [3.63, 3.8) is 0 Å². The molecule has 0 aliphatic carbocycles. The number of hydrogen-bond donors (Lipinski definition) is 4. The number of amides is 1. The van der Waals surface area contributed by atoms with Crippen molar-refractivity contribution in [3.05, 3.63) is 12.2 Å². The van der Waals surface area contributed by atoms with Crippen molar-refractivity contribution in [2.45, 2.75) is 25.4 Å². The van der Waals surface area contributed by atoms with Crippen molar-refractivity contribution >= 4 is 23.8 Å².